The van der Waals surface area contributed by atoms with Gasteiger partial charge in [0.1, 0.15) is 10.8 Å². The van der Waals surface area contributed by atoms with E-state index >= 15 is 0 Å². The summed E-state index contributed by atoms with van der Waals surface area (Å²) in [6.07, 6.45) is -0.189. The number of thioether (sulfide) groups is 1. The van der Waals surface area contributed by atoms with E-state index in [9.17, 15) is 0 Å². The number of ether oxygens (including phenoxy) is 1. The third-order valence-corrected chi connectivity index (χ3v) is 7.15. The van der Waals surface area contributed by atoms with Gasteiger partial charge in [-0.2, -0.15) is 0 Å². The molecule has 166 valence electrons. The second-order valence-electron chi connectivity index (χ2n) is 7.87. The summed E-state index contributed by atoms with van der Waals surface area (Å²) in [5.74, 6) is 2.95. The van der Waals surface area contributed by atoms with Crippen molar-refractivity contribution in [3.05, 3.63) is 77.1 Å². The van der Waals surface area contributed by atoms with Gasteiger partial charge in [0, 0.05) is 23.2 Å². The van der Waals surface area contributed by atoms with Crippen molar-refractivity contribution in [2.75, 3.05) is 0 Å². The lowest BCUT2D eigenvalue weighted by molar-refractivity contribution is 0.210. The number of thiazole rings is 1. The molecule has 0 aliphatic carbocycles. The summed E-state index contributed by atoms with van der Waals surface area (Å²) < 4.78 is 8.29. The third kappa shape index (κ3) is 5.22. The average molecular weight is 465 g/mol. The van der Waals surface area contributed by atoms with Gasteiger partial charge >= 0.3 is 0 Å². The Balaban J connectivity index is 1.42. The fraction of sp³-hybridized carbons (Fsp3) is 0.320. The van der Waals surface area contributed by atoms with E-state index in [1.54, 1.807) is 23.1 Å². The van der Waals surface area contributed by atoms with E-state index in [4.69, 9.17) is 9.72 Å². The first-order valence-corrected chi connectivity index (χ1v) is 12.7. The van der Waals surface area contributed by atoms with E-state index in [0.29, 0.717) is 5.92 Å². The van der Waals surface area contributed by atoms with Crippen LogP contribution in [0.2, 0.25) is 0 Å². The normalized spacial score (nSPS) is 12.3. The standard InChI is InChI=1S/C25H28N4OS2/c1-5-29-23(18(4)30-22-13-11-19(12-14-22)17(2)3)27-28-25(29)32-16-21-15-31-24(26-21)20-9-7-6-8-10-20/h6-15,17-18H,5,16H2,1-4H3. The molecule has 2 aromatic carbocycles. The first kappa shape index (κ1) is 22.6. The molecule has 1 atom stereocenters. The molecular formula is C25H28N4OS2. The zero-order valence-corrected chi connectivity index (χ0v) is 20.5. The fourth-order valence-corrected chi connectivity index (χ4v) is 5.25. The molecule has 0 amide bonds. The summed E-state index contributed by atoms with van der Waals surface area (Å²) in [6.45, 7) is 9.30. The third-order valence-electron chi connectivity index (χ3n) is 5.21. The highest BCUT2D eigenvalue weighted by Gasteiger charge is 2.19. The second-order valence-corrected chi connectivity index (χ2v) is 9.67. The van der Waals surface area contributed by atoms with Crippen LogP contribution in [0.1, 0.15) is 56.8 Å². The first-order chi connectivity index (χ1) is 15.5. The largest absolute Gasteiger partial charge is 0.483 e. The predicted molar refractivity (Wildman–Crippen MR) is 132 cm³/mol. The van der Waals surface area contributed by atoms with Gasteiger partial charge in [0.05, 0.1) is 5.69 Å². The van der Waals surface area contributed by atoms with E-state index in [0.717, 1.165) is 45.3 Å². The smallest absolute Gasteiger partial charge is 0.191 e. The molecule has 0 aliphatic rings. The molecular weight excluding hydrogens is 436 g/mol. The minimum atomic E-state index is -0.189. The van der Waals surface area contributed by atoms with Crippen LogP contribution >= 0.6 is 23.1 Å². The molecule has 4 rings (SSSR count). The maximum absolute atomic E-state index is 6.16. The molecule has 0 bridgehead atoms. The molecule has 0 fully saturated rings. The first-order valence-electron chi connectivity index (χ1n) is 10.9. The van der Waals surface area contributed by atoms with Gasteiger partial charge in [0.2, 0.25) is 0 Å². The van der Waals surface area contributed by atoms with Crippen LogP contribution in [-0.2, 0) is 12.3 Å². The Bertz CT molecular complexity index is 1140. The molecule has 0 spiro atoms. The number of hydrogen-bond donors (Lipinski definition) is 0. The predicted octanol–water partition coefficient (Wildman–Crippen LogP) is 6.98. The summed E-state index contributed by atoms with van der Waals surface area (Å²) in [7, 11) is 0. The van der Waals surface area contributed by atoms with Crippen LogP contribution in [0.15, 0.2) is 65.1 Å². The van der Waals surface area contributed by atoms with Gasteiger partial charge < -0.3 is 9.30 Å². The van der Waals surface area contributed by atoms with E-state index in [2.05, 4.69) is 65.2 Å². The van der Waals surface area contributed by atoms with Crippen molar-refractivity contribution >= 4 is 23.1 Å². The average Bonchev–Trinajstić information content (AvgIpc) is 3.45. The summed E-state index contributed by atoms with van der Waals surface area (Å²) in [4.78, 5) is 4.78. The van der Waals surface area contributed by atoms with Crippen LogP contribution in [0.5, 0.6) is 5.75 Å². The highest BCUT2D eigenvalue weighted by Crippen LogP contribution is 2.29. The van der Waals surface area contributed by atoms with Gasteiger partial charge in [-0.25, -0.2) is 4.98 Å². The maximum atomic E-state index is 6.16. The Labute approximate surface area is 197 Å². The van der Waals surface area contributed by atoms with Gasteiger partial charge in [-0.3, -0.25) is 0 Å². The van der Waals surface area contributed by atoms with Crippen molar-refractivity contribution < 1.29 is 4.74 Å². The molecule has 0 saturated heterocycles. The van der Waals surface area contributed by atoms with Crippen molar-refractivity contribution in [2.24, 2.45) is 0 Å². The summed E-state index contributed by atoms with van der Waals surface area (Å²) >= 11 is 3.34. The summed E-state index contributed by atoms with van der Waals surface area (Å²) in [5.41, 5.74) is 3.51. The fourth-order valence-electron chi connectivity index (χ4n) is 3.42. The van der Waals surface area contributed by atoms with Gasteiger partial charge in [-0.05, 0) is 37.5 Å². The van der Waals surface area contributed by atoms with Crippen LogP contribution < -0.4 is 4.74 Å². The molecule has 0 radical (unpaired) electrons. The Morgan fingerprint density at radius 2 is 1.75 bits per heavy atom. The van der Waals surface area contributed by atoms with Crippen molar-refractivity contribution in [3.8, 4) is 16.3 Å². The quantitative estimate of drug-likeness (QED) is 0.250. The zero-order valence-electron chi connectivity index (χ0n) is 18.9. The molecule has 0 saturated carbocycles. The molecule has 32 heavy (non-hydrogen) atoms. The molecule has 1 unspecified atom stereocenters. The molecule has 7 heteroatoms. The molecule has 4 aromatic rings. The highest BCUT2D eigenvalue weighted by molar-refractivity contribution is 7.98. The Morgan fingerprint density at radius 3 is 2.44 bits per heavy atom. The van der Waals surface area contributed by atoms with Crippen molar-refractivity contribution in [3.63, 3.8) is 0 Å². The monoisotopic (exact) mass is 464 g/mol. The molecule has 0 aliphatic heterocycles. The molecule has 5 nitrogen and oxygen atoms in total. The Kier molecular flexibility index (Phi) is 7.27. The Morgan fingerprint density at radius 1 is 1.00 bits per heavy atom. The van der Waals surface area contributed by atoms with E-state index in [1.165, 1.54) is 5.56 Å². The van der Waals surface area contributed by atoms with Crippen LogP contribution in [0.3, 0.4) is 0 Å². The molecule has 2 aromatic heterocycles. The minimum Gasteiger partial charge on any atom is -0.483 e. The molecule has 0 N–H and O–H groups in total. The van der Waals surface area contributed by atoms with E-state index in [1.807, 2.05) is 37.3 Å². The second kappa shape index (κ2) is 10.3. The SMILES string of the molecule is CCn1c(SCc2csc(-c3ccccc3)n2)nnc1C(C)Oc1ccc(C(C)C)cc1. The van der Waals surface area contributed by atoms with E-state index in [-0.39, 0.29) is 6.10 Å². The molecule has 2 heterocycles. The summed E-state index contributed by atoms with van der Waals surface area (Å²) in [5, 5.41) is 12.9. The highest BCUT2D eigenvalue weighted by atomic mass is 32.2. The lowest BCUT2D eigenvalue weighted by Gasteiger charge is -2.16. The zero-order chi connectivity index (χ0) is 22.5. The van der Waals surface area contributed by atoms with Gasteiger partial charge in [-0.15, -0.1) is 21.5 Å². The van der Waals surface area contributed by atoms with Crippen molar-refractivity contribution in [1.82, 2.24) is 19.7 Å². The van der Waals surface area contributed by atoms with Gasteiger partial charge in [0.15, 0.2) is 17.1 Å². The Hall–Kier alpha value is -2.64. The van der Waals surface area contributed by atoms with Crippen molar-refractivity contribution in [2.45, 2.75) is 57.2 Å². The number of rotatable bonds is 9. The summed E-state index contributed by atoms with van der Waals surface area (Å²) in [6, 6.07) is 18.6. The van der Waals surface area contributed by atoms with Gasteiger partial charge in [0.25, 0.3) is 0 Å². The van der Waals surface area contributed by atoms with Gasteiger partial charge in [-0.1, -0.05) is 68.1 Å². The maximum Gasteiger partial charge on any atom is 0.191 e. The minimum absolute atomic E-state index is 0.189. The van der Waals surface area contributed by atoms with E-state index < -0.39 is 0 Å². The van der Waals surface area contributed by atoms with Crippen LogP contribution in [-0.4, -0.2) is 19.7 Å². The van der Waals surface area contributed by atoms with Crippen LogP contribution in [0.25, 0.3) is 10.6 Å². The number of benzene rings is 2. The lowest BCUT2D eigenvalue weighted by atomic mass is 10.0. The topological polar surface area (TPSA) is 52.8 Å². The number of aromatic nitrogens is 4. The van der Waals surface area contributed by atoms with Crippen molar-refractivity contribution in [1.29, 1.82) is 0 Å². The number of hydrogen-bond acceptors (Lipinski definition) is 6. The number of nitrogens with zero attached hydrogens (tertiary/aromatic N) is 4. The van der Waals surface area contributed by atoms with Crippen LogP contribution in [0.4, 0.5) is 0 Å². The lowest BCUT2D eigenvalue weighted by Crippen LogP contribution is -2.12. The van der Waals surface area contributed by atoms with Crippen LogP contribution in [0, 0.1) is 0 Å².